The van der Waals surface area contributed by atoms with Crippen molar-refractivity contribution in [1.82, 2.24) is 0 Å². The standard InChI is InChI=1S/C13H10O2.C12H10O/c14-13(15)12-8-6-11(7-9-12)10-4-2-1-3-5-10;13-12-8-4-7-11(9-12)10-5-2-1-3-6-10/h1-9H,(H,14,15);1-9,13H. The van der Waals surface area contributed by atoms with Gasteiger partial charge in [0.1, 0.15) is 5.75 Å². The van der Waals surface area contributed by atoms with Crippen LogP contribution in [0.2, 0.25) is 0 Å². The maximum atomic E-state index is 10.6. The van der Waals surface area contributed by atoms with Crippen LogP contribution in [0.15, 0.2) is 109 Å². The molecule has 0 saturated carbocycles. The number of aromatic hydroxyl groups is 1. The number of hydrogen-bond acceptors (Lipinski definition) is 2. The van der Waals surface area contributed by atoms with Crippen molar-refractivity contribution < 1.29 is 15.0 Å². The second-order valence-corrected chi connectivity index (χ2v) is 6.16. The van der Waals surface area contributed by atoms with Gasteiger partial charge in [0.2, 0.25) is 0 Å². The summed E-state index contributed by atoms with van der Waals surface area (Å²) in [4.78, 5) is 10.6. The maximum Gasteiger partial charge on any atom is 0.335 e. The fourth-order valence-electron chi connectivity index (χ4n) is 2.75. The smallest absolute Gasteiger partial charge is 0.335 e. The number of aromatic carboxylic acids is 1. The summed E-state index contributed by atoms with van der Waals surface area (Å²) in [6.07, 6.45) is 0. The highest BCUT2D eigenvalue weighted by Crippen LogP contribution is 2.22. The number of carbonyl (C=O) groups is 1. The number of carboxylic acid groups (broad SMARTS) is 1. The van der Waals surface area contributed by atoms with E-state index < -0.39 is 5.97 Å². The molecule has 0 aliphatic carbocycles. The predicted octanol–water partition coefficient (Wildman–Crippen LogP) is 6.11. The van der Waals surface area contributed by atoms with E-state index in [4.69, 9.17) is 5.11 Å². The van der Waals surface area contributed by atoms with E-state index in [1.807, 2.05) is 84.9 Å². The fourth-order valence-corrected chi connectivity index (χ4v) is 2.75. The lowest BCUT2D eigenvalue weighted by Gasteiger charge is -2.01. The summed E-state index contributed by atoms with van der Waals surface area (Å²) in [6.45, 7) is 0. The second-order valence-electron chi connectivity index (χ2n) is 6.16. The van der Waals surface area contributed by atoms with Crippen LogP contribution in [0.5, 0.6) is 5.75 Å². The molecule has 0 amide bonds. The van der Waals surface area contributed by atoms with E-state index in [9.17, 15) is 9.90 Å². The molecule has 0 atom stereocenters. The highest BCUT2D eigenvalue weighted by atomic mass is 16.4. The molecule has 0 aliphatic heterocycles. The van der Waals surface area contributed by atoms with Gasteiger partial charge in [-0.15, -0.1) is 0 Å². The highest BCUT2D eigenvalue weighted by Gasteiger charge is 2.02. The van der Waals surface area contributed by atoms with E-state index in [0.29, 0.717) is 11.3 Å². The number of phenols is 1. The molecule has 0 heterocycles. The Bertz CT molecular complexity index is 1020. The van der Waals surface area contributed by atoms with Crippen LogP contribution in [-0.2, 0) is 0 Å². The van der Waals surface area contributed by atoms with Gasteiger partial charge in [0, 0.05) is 0 Å². The second kappa shape index (κ2) is 9.19. The molecule has 0 aliphatic rings. The predicted molar refractivity (Wildman–Crippen MR) is 112 cm³/mol. The minimum Gasteiger partial charge on any atom is -0.508 e. The Hall–Kier alpha value is -3.85. The largest absolute Gasteiger partial charge is 0.508 e. The Morgan fingerprint density at radius 2 is 1.00 bits per heavy atom. The third kappa shape index (κ3) is 5.08. The van der Waals surface area contributed by atoms with Crippen molar-refractivity contribution in [3.63, 3.8) is 0 Å². The van der Waals surface area contributed by atoms with Crippen LogP contribution in [0.1, 0.15) is 10.4 Å². The van der Waals surface area contributed by atoms with Gasteiger partial charge in [-0.1, -0.05) is 84.9 Å². The third-order valence-corrected chi connectivity index (χ3v) is 4.19. The molecule has 0 saturated heterocycles. The van der Waals surface area contributed by atoms with Crippen LogP contribution in [-0.4, -0.2) is 16.2 Å². The zero-order valence-electron chi connectivity index (χ0n) is 15.2. The highest BCUT2D eigenvalue weighted by molar-refractivity contribution is 5.88. The molecule has 28 heavy (non-hydrogen) atoms. The van der Waals surface area contributed by atoms with E-state index in [0.717, 1.165) is 22.3 Å². The lowest BCUT2D eigenvalue weighted by molar-refractivity contribution is 0.0697. The van der Waals surface area contributed by atoms with E-state index in [-0.39, 0.29) is 0 Å². The SMILES string of the molecule is O=C(O)c1ccc(-c2ccccc2)cc1.Oc1cccc(-c2ccccc2)c1. The lowest BCUT2D eigenvalue weighted by atomic mass is 10.0. The number of carboxylic acids is 1. The Morgan fingerprint density at radius 1 is 0.536 bits per heavy atom. The third-order valence-electron chi connectivity index (χ3n) is 4.19. The molecule has 0 aromatic heterocycles. The average Bonchev–Trinajstić information content (AvgIpc) is 2.75. The van der Waals surface area contributed by atoms with Crippen LogP contribution in [0.4, 0.5) is 0 Å². The topological polar surface area (TPSA) is 57.5 Å². The Morgan fingerprint density at radius 3 is 1.50 bits per heavy atom. The van der Waals surface area contributed by atoms with Gasteiger partial charge in [0.15, 0.2) is 0 Å². The molecule has 3 heteroatoms. The molecule has 0 radical (unpaired) electrons. The number of benzene rings is 4. The maximum absolute atomic E-state index is 10.6. The molecular formula is C25H20O3. The molecule has 0 spiro atoms. The summed E-state index contributed by atoms with van der Waals surface area (Å²) in [5.41, 5.74) is 4.60. The van der Waals surface area contributed by atoms with Crippen LogP contribution >= 0.6 is 0 Å². The minimum atomic E-state index is -0.894. The number of hydrogen-bond donors (Lipinski definition) is 2. The number of phenolic OH excluding ortho intramolecular Hbond substituents is 1. The van der Waals surface area contributed by atoms with Gasteiger partial charge in [0.25, 0.3) is 0 Å². The van der Waals surface area contributed by atoms with Gasteiger partial charge in [-0.25, -0.2) is 4.79 Å². The fraction of sp³-hybridized carbons (Fsp3) is 0. The molecule has 0 unspecified atom stereocenters. The minimum absolute atomic E-state index is 0.307. The summed E-state index contributed by atoms with van der Waals surface area (Å²) < 4.78 is 0. The molecule has 3 nitrogen and oxygen atoms in total. The molecule has 4 rings (SSSR count). The summed E-state index contributed by atoms with van der Waals surface area (Å²) >= 11 is 0. The Labute approximate surface area is 164 Å². The van der Waals surface area contributed by atoms with Gasteiger partial charge in [-0.2, -0.15) is 0 Å². The molecule has 0 bridgehead atoms. The first-order chi connectivity index (χ1) is 13.6. The average molecular weight is 368 g/mol. The number of rotatable bonds is 3. The quantitative estimate of drug-likeness (QED) is 0.458. The van der Waals surface area contributed by atoms with Crippen LogP contribution in [0.25, 0.3) is 22.3 Å². The Kier molecular flexibility index (Phi) is 6.21. The van der Waals surface area contributed by atoms with Gasteiger partial charge in [-0.05, 0) is 46.5 Å². The van der Waals surface area contributed by atoms with Crippen LogP contribution in [0, 0.1) is 0 Å². The van der Waals surface area contributed by atoms with Crippen molar-refractivity contribution in [1.29, 1.82) is 0 Å². The summed E-state index contributed by atoms with van der Waals surface area (Å²) in [7, 11) is 0. The van der Waals surface area contributed by atoms with E-state index >= 15 is 0 Å². The molecule has 0 fully saturated rings. The van der Waals surface area contributed by atoms with Crippen molar-refractivity contribution in [2.75, 3.05) is 0 Å². The van der Waals surface area contributed by atoms with Crippen molar-refractivity contribution in [2.24, 2.45) is 0 Å². The first kappa shape index (κ1) is 18.9. The first-order valence-electron chi connectivity index (χ1n) is 8.87. The van der Waals surface area contributed by atoms with E-state index in [1.54, 1.807) is 24.3 Å². The van der Waals surface area contributed by atoms with Crippen molar-refractivity contribution >= 4 is 5.97 Å². The molecular weight excluding hydrogens is 348 g/mol. The first-order valence-corrected chi connectivity index (χ1v) is 8.87. The molecule has 138 valence electrons. The monoisotopic (exact) mass is 368 g/mol. The summed E-state index contributed by atoms with van der Waals surface area (Å²) in [6, 6.07) is 34.0. The van der Waals surface area contributed by atoms with Crippen LogP contribution in [0.3, 0.4) is 0 Å². The Balaban J connectivity index is 0.000000162. The molecule has 2 N–H and O–H groups in total. The zero-order chi connectivity index (χ0) is 19.8. The zero-order valence-corrected chi connectivity index (χ0v) is 15.2. The van der Waals surface area contributed by atoms with Crippen LogP contribution < -0.4 is 0 Å². The normalized spacial score (nSPS) is 9.86. The van der Waals surface area contributed by atoms with Gasteiger partial charge in [0.05, 0.1) is 5.56 Å². The lowest BCUT2D eigenvalue weighted by Crippen LogP contribution is -1.94. The van der Waals surface area contributed by atoms with Crippen molar-refractivity contribution in [3.05, 3.63) is 115 Å². The molecule has 4 aromatic rings. The van der Waals surface area contributed by atoms with Gasteiger partial charge < -0.3 is 10.2 Å². The summed E-state index contributed by atoms with van der Waals surface area (Å²) in [5, 5.41) is 18.0. The van der Waals surface area contributed by atoms with Crippen molar-refractivity contribution in [2.45, 2.75) is 0 Å². The van der Waals surface area contributed by atoms with Gasteiger partial charge >= 0.3 is 5.97 Å². The summed E-state index contributed by atoms with van der Waals surface area (Å²) in [5.74, 6) is -0.587. The van der Waals surface area contributed by atoms with Crippen molar-refractivity contribution in [3.8, 4) is 28.0 Å². The van der Waals surface area contributed by atoms with Gasteiger partial charge in [-0.3, -0.25) is 0 Å². The van der Waals surface area contributed by atoms with E-state index in [2.05, 4.69) is 0 Å². The van der Waals surface area contributed by atoms with E-state index in [1.165, 1.54) is 0 Å². The molecule has 4 aromatic carbocycles.